The van der Waals surface area contributed by atoms with Gasteiger partial charge in [-0.25, -0.2) is 4.79 Å². The summed E-state index contributed by atoms with van der Waals surface area (Å²) in [6.45, 7) is 4.53. The van der Waals surface area contributed by atoms with Crippen molar-refractivity contribution in [3.05, 3.63) is 65.7 Å². The maximum Gasteiger partial charge on any atom is 0.321 e. The summed E-state index contributed by atoms with van der Waals surface area (Å²) < 4.78 is 0. The second-order valence-corrected chi connectivity index (χ2v) is 9.33. The predicted octanol–water partition coefficient (Wildman–Crippen LogP) is 3.35. The van der Waals surface area contributed by atoms with E-state index in [2.05, 4.69) is 33.0 Å². The number of hydrogen-bond donors (Lipinski definition) is 3. The minimum atomic E-state index is -0.707. The molecular formula is C28H36N6O3. The van der Waals surface area contributed by atoms with Crippen LogP contribution in [0, 0.1) is 11.3 Å². The molecule has 2 aromatic carbocycles. The SMILES string of the molecule is CCCC[C@H](NC(=O)c1ccc(NC(=O)N(C)[C@H]2CCN(Cc3ccccc3)C2)cc1)C(=O)NCC#N. The Kier molecular flexibility index (Phi) is 10.5. The highest BCUT2D eigenvalue weighted by Crippen LogP contribution is 2.19. The second-order valence-electron chi connectivity index (χ2n) is 9.33. The summed E-state index contributed by atoms with van der Waals surface area (Å²) in [6.07, 6.45) is 3.06. The lowest BCUT2D eigenvalue weighted by Gasteiger charge is -2.25. The summed E-state index contributed by atoms with van der Waals surface area (Å²) in [5, 5.41) is 16.9. The summed E-state index contributed by atoms with van der Waals surface area (Å²) in [4.78, 5) is 42.0. The number of amides is 4. The zero-order valence-corrected chi connectivity index (χ0v) is 21.6. The van der Waals surface area contributed by atoms with Crippen molar-refractivity contribution in [1.29, 1.82) is 5.26 Å². The van der Waals surface area contributed by atoms with Crippen molar-refractivity contribution in [2.24, 2.45) is 0 Å². The quantitative estimate of drug-likeness (QED) is 0.406. The van der Waals surface area contributed by atoms with Crippen LogP contribution >= 0.6 is 0 Å². The van der Waals surface area contributed by atoms with E-state index in [4.69, 9.17) is 5.26 Å². The van der Waals surface area contributed by atoms with Crippen molar-refractivity contribution >= 4 is 23.5 Å². The molecule has 0 spiro atoms. The molecule has 196 valence electrons. The number of nitrogens with one attached hydrogen (secondary N) is 3. The first-order chi connectivity index (χ1) is 17.9. The standard InChI is InChI=1S/C28H36N6O3/c1-3-4-10-25(27(36)30-17-16-29)32-26(35)22-11-13-23(14-12-22)31-28(37)33(2)24-15-18-34(20-24)19-21-8-6-5-7-9-21/h5-9,11-14,24-25H,3-4,10,15,17-20H2,1-2H3,(H,30,36)(H,31,37)(H,32,35)/t24-,25-/m0/s1. The Bertz CT molecular complexity index is 1080. The van der Waals surface area contributed by atoms with E-state index >= 15 is 0 Å². The molecule has 9 heteroatoms. The molecule has 0 radical (unpaired) electrons. The van der Waals surface area contributed by atoms with Crippen LogP contribution in [0.25, 0.3) is 0 Å². The smallest absolute Gasteiger partial charge is 0.321 e. The molecule has 37 heavy (non-hydrogen) atoms. The number of unbranched alkanes of at least 4 members (excludes halogenated alkanes) is 1. The van der Waals surface area contributed by atoms with Gasteiger partial charge in [-0.05, 0) is 42.7 Å². The molecule has 0 unspecified atom stereocenters. The highest BCUT2D eigenvalue weighted by atomic mass is 16.2. The number of anilines is 1. The zero-order valence-electron chi connectivity index (χ0n) is 21.6. The zero-order chi connectivity index (χ0) is 26.6. The van der Waals surface area contributed by atoms with Crippen LogP contribution in [0.5, 0.6) is 0 Å². The highest BCUT2D eigenvalue weighted by molar-refractivity contribution is 5.98. The van der Waals surface area contributed by atoms with Gasteiger partial charge in [0.25, 0.3) is 5.91 Å². The van der Waals surface area contributed by atoms with E-state index in [0.29, 0.717) is 17.7 Å². The third-order valence-electron chi connectivity index (χ3n) is 6.57. The predicted molar refractivity (Wildman–Crippen MR) is 143 cm³/mol. The van der Waals surface area contributed by atoms with E-state index in [1.807, 2.05) is 38.2 Å². The summed E-state index contributed by atoms with van der Waals surface area (Å²) in [5.41, 5.74) is 2.23. The molecular weight excluding hydrogens is 468 g/mol. The first-order valence-electron chi connectivity index (χ1n) is 12.8. The maximum absolute atomic E-state index is 12.8. The van der Waals surface area contributed by atoms with E-state index in [-0.39, 0.29) is 30.4 Å². The highest BCUT2D eigenvalue weighted by Gasteiger charge is 2.28. The van der Waals surface area contributed by atoms with Gasteiger partial charge in [0.15, 0.2) is 0 Å². The molecule has 3 rings (SSSR count). The Labute approximate surface area is 218 Å². The third kappa shape index (κ3) is 8.33. The summed E-state index contributed by atoms with van der Waals surface area (Å²) in [7, 11) is 1.81. The lowest BCUT2D eigenvalue weighted by Crippen LogP contribution is -2.46. The number of likely N-dealkylation sites (N-methyl/N-ethyl adjacent to an activating group) is 1. The van der Waals surface area contributed by atoms with Crippen molar-refractivity contribution in [1.82, 2.24) is 20.4 Å². The minimum absolute atomic E-state index is 0.105. The van der Waals surface area contributed by atoms with Gasteiger partial charge < -0.3 is 20.9 Å². The van der Waals surface area contributed by atoms with Gasteiger partial charge in [-0.3, -0.25) is 14.5 Å². The van der Waals surface area contributed by atoms with E-state index < -0.39 is 6.04 Å². The topological polar surface area (TPSA) is 118 Å². The first kappa shape index (κ1) is 27.7. The van der Waals surface area contributed by atoms with Crippen LogP contribution < -0.4 is 16.0 Å². The fourth-order valence-corrected chi connectivity index (χ4v) is 4.36. The molecule has 2 atom stereocenters. The average molecular weight is 505 g/mol. The summed E-state index contributed by atoms with van der Waals surface area (Å²) in [6, 6.07) is 18.0. The van der Waals surface area contributed by atoms with Crippen molar-refractivity contribution in [3.8, 4) is 6.07 Å². The molecule has 1 aliphatic heterocycles. The molecule has 0 bridgehead atoms. The van der Waals surface area contributed by atoms with Gasteiger partial charge in [0.2, 0.25) is 5.91 Å². The van der Waals surface area contributed by atoms with Crippen molar-refractivity contribution < 1.29 is 14.4 Å². The number of hydrogen-bond acceptors (Lipinski definition) is 5. The number of rotatable bonds is 11. The van der Waals surface area contributed by atoms with Crippen LogP contribution in [0.1, 0.15) is 48.5 Å². The minimum Gasteiger partial charge on any atom is -0.341 e. The van der Waals surface area contributed by atoms with Crippen LogP contribution in [0.15, 0.2) is 54.6 Å². The molecule has 1 aliphatic rings. The maximum atomic E-state index is 12.8. The molecule has 1 fully saturated rings. The molecule has 9 nitrogen and oxygen atoms in total. The van der Waals surface area contributed by atoms with Crippen LogP contribution in [-0.2, 0) is 11.3 Å². The second kappa shape index (κ2) is 14.0. The number of nitrogens with zero attached hydrogens (tertiary/aromatic N) is 3. The molecule has 1 heterocycles. The van der Waals surface area contributed by atoms with Crippen LogP contribution in [0.3, 0.4) is 0 Å². The molecule has 1 saturated heterocycles. The van der Waals surface area contributed by atoms with Gasteiger partial charge in [-0.2, -0.15) is 5.26 Å². The molecule has 0 aliphatic carbocycles. The van der Waals surface area contributed by atoms with E-state index in [1.54, 1.807) is 29.2 Å². The summed E-state index contributed by atoms with van der Waals surface area (Å²) in [5.74, 6) is -0.753. The largest absolute Gasteiger partial charge is 0.341 e. The Hall–Kier alpha value is -3.90. The summed E-state index contributed by atoms with van der Waals surface area (Å²) >= 11 is 0. The van der Waals surface area contributed by atoms with Crippen molar-refractivity contribution in [2.75, 3.05) is 32.0 Å². The first-order valence-corrected chi connectivity index (χ1v) is 12.8. The van der Waals surface area contributed by atoms with Gasteiger partial charge >= 0.3 is 6.03 Å². The molecule has 0 aromatic heterocycles. The number of nitriles is 1. The molecule has 3 N–H and O–H groups in total. The van der Waals surface area contributed by atoms with Crippen LogP contribution in [0.4, 0.5) is 10.5 Å². The monoisotopic (exact) mass is 504 g/mol. The molecule has 4 amide bonds. The number of carbonyl (C=O) groups is 3. The Morgan fingerprint density at radius 2 is 1.86 bits per heavy atom. The van der Waals surface area contributed by atoms with Crippen molar-refractivity contribution in [2.45, 2.75) is 51.2 Å². The lowest BCUT2D eigenvalue weighted by atomic mass is 10.1. The average Bonchev–Trinajstić information content (AvgIpc) is 3.38. The fraction of sp³-hybridized carbons (Fsp3) is 0.429. The number of likely N-dealkylation sites (tertiary alicyclic amines) is 1. The molecule has 2 aromatic rings. The molecule has 0 saturated carbocycles. The van der Waals surface area contributed by atoms with E-state index in [1.165, 1.54) is 5.56 Å². The van der Waals surface area contributed by atoms with Gasteiger partial charge in [-0.1, -0.05) is 50.1 Å². The van der Waals surface area contributed by atoms with Crippen LogP contribution in [0.2, 0.25) is 0 Å². The van der Waals surface area contributed by atoms with Crippen molar-refractivity contribution in [3.63, 3.8) is 0 Å². The normalized spacial score (nSPS) is 15.9. The van der Waals surface area contributed by atoms with Gasteiger partial charge in [0.1, 0.15) is 12.6 Å². The van der Waals surface area contributed by atoms with E-state index in [0.717, 1.165) is 38.9 Å². The van der Waals surface area contributed by atoms with Crippen LogP contribution in [-0.4, -0.2) is 66.4 Å². The number of carbonyl (C=O) groups excluding carboxylic acids is 3. The number of urea groups is 1. The Morgan fingerprint density at radius 1 is 1.14 bits per heavy atom. The fourth-order valence-electron chi connectivity index (χ4n) is 4.36. The van der Waals surface area contributed by atoms with Gasteiger partial charge in [-0.15, -0.1) is 0 Å². The number of benzene rings is 2. The lowest BCUT2D eigenvalue weighted by molar-refractivity contribution is -0.122. The Morgan fingerprint density at radius 3 is 2.54 bits per heavy atom. The Balaban J connectivity index is 1.51. The third-order valence-corrected chi connectivity index (χ3v) is 6.57. The van der Waals surface area contributed by atoms with E-state index in [9.17, 15) is 14.4 Å². The van der Waals surface area contributed by atoms with Gasteiger partial charge in [0, 0.05) is 44.0 Å². The van der Waals surface area contributed by atoms with Gasteiger partial charge in [0.05, 0.1) is 6.07 Å².